The average Bonchev–Trinajstić information content (AvgIpc) is 2.96. The zero-order valence-electron chi connectivity index (χ0n) is 16.5. The molecule has 2 heterocycles. The highest BCUT2D eigenvalue weighted by atomic mass is 35.5. The molecule has 1 saturated heterocycles. The Labute approximate surface area is 178 Å². The van der Waals surface area contributed by atoms with Gasteiger partial charge in [-0.1, -0.05) is 36.8 Å². The Hall–Kier alpha value is -1.31. The number of amides is 2. The zero-order valence-corrected chi connectivity index (χ0v) is 18.9. The largest absolute Gasteiger partial charge is 0.341 e. The molecule has 3 rings (SSSR count). The van der Waals surface area contributed by atoms with Gasteiger partial charge in [0.25, 0.3) is 5.91 Å². The first kappa shape index (κ1) is 21.4. The fraction of sp³-hybridized carbons (Fsp3) is 0.550. The molecule has 1 aliphatic heterocycles. The number of nitrogens with zero attached hydrogens (tertiary/aromatic N) is 3. The third kappa shape index (κ3) is 5.19. The molecule has 2 unspecified atom stereocenters. The van der Waals surface area contributed by atoms with Crippen molar-refractivity contribution in [1.29, 1.82) is 0 Å². The van der Waals surface area contributed by atoms with Crippen LogP contribution in [-0.2, 0) is 16.1 Å². The number of halogens is 1. The maximum absolute atomic E-state index is 12.4. The van der Waals surface area contributed by atoms with E-state index in [1.54, 1.807) is 0 Å². The van der Waals surface area contributed by atoms with Gasteiger partial charge in [-0.05, 0) is 43.4 Å². The topological polar surface area (TPSA) is 54.7 Å². The molecule has 5 nitrogen and oxygen atoms in total. The normalized spacial score (nSPS) is 20.7. The Morgan fingerprint density at radius 3 is 2.64 bits per heavy atom. The first-order valence-corrected chi connectivity index (χ1v) is 11.9. The minimum absolute atomic E-state index is 0.122. The second-order valence-electron chi connectivity index (χ2n) is 7.48. The number of likely N-dealkylation sites (tertiary alicyclic amines) is 1. The van der Waals surface area contributed by atoms with E-state index < -0.39 is 0 Å². The van der Waals surface area contributed by atoms with Gasteiger partial charge in [0.15, 0.2) is 4.80 Å². The molecule has 8 heteroatoms. The predicted octanol–water partition coefficient (Wildman–Crippen LogP) is 4.04. The van der Waals surface area contributed by atoms with Crippen LogP contribution in [0.25, 0.3) is 10.2 Å². The lowest BCUT2D eigenvalue weighted by atomic mass is 9.92. The minimum atomic E-state index is -0.210. The maximum Gasteiger partial charge on any atom is 0.258 e. The number of rotatable bonds is 5. The predicted molar refractivity (Wildman–Crippen MR) is 118 cm³/mol. The number of hydrogen-bond acceptors (Lipinski definition) is 4. The summed E-state index contributed by atoms with van der Waals surface area (Å²) in [5.74, 6) is 1.54. The van der Waals surface area contributed by atoms with Gasteiger partial charge >= 0.3 is 0 Å². The van der Waals surface area contributed by atoms with Crippen molar-refractivity contribution in [2.45, 2.75) is 33.7 Å². The molecule has 1 fully saturated rings. The number of thioether (sulfide) groups is 1. The molecule has 0 bridgehead atoms. The fourth-order valence-electron chi connectivity index (χ4n) is 3.76. The number of benzene rings is 1. The highest BCUT2D eigenvalue weighted by Gasteiger charge is 2.25. The lowest BCUT2D eigenvalue weighted by molar-refractivity contribution is -0.130. The summed E-state index contributed by atoms with van der Waals surface area (Å²) in [5, 5.41) is 0.672. The SMILES string of the molecule is CCn1c(=NC(=O)CSCC(=O)N2CC(C)CC(C)C2)sc2cc(Cl)ccc21. The summed E-state index contributed by atoms with van der Waals surface area (Å²) in [6.07, 6.45) is 1.17. The molecule has 0 N–H and O–H groups in total. The number of aromatic nitrogens is 1. The number of carbonyl (C=O) groups excluding carboxylic acids is 2. The fourth-order valence-corrected chi connectivity index (χ4v) is 5.85. The first-order valence-electron chi connectivity index (χ1n) is 9.59. The van der Waals surface area contributed by atoms with Gasteiger partial charge in [-0.15, -0.1) is 11.8 Å². The van der Waals surface area contributed by atoms with Gasteiger partial charge < -0.3 is 9.47 Å². The lowest BCUT2D eigenvalue weighted by Gasteiger charge is -2.35. The van der Waals surface area contributed by atoms with Gasteiger partial charge in [0.2, 0.25) is 5.91 Å². The van der Waals surface area contributed by atoms with Gasteiger partial charge in [0.05, 0.1) is 21.7 Å². The van der Waals surface area contributed by atoms with Crippen molar-refractivity contribution < 1.29 is 9.59 Å². The monoisotopic (exact) mass is 439 g/mol. The van der Waals surface area contributed by atoms with E-state index in [9.17, 15) is 9.59 Å². The van der Waals surface area contributed by atoms with Crippen LogP contribution in [0.3, 0.4) is 0 Å². The summed E-state index contributed by atoms with van der Waals surface area (Å²) in [4.78, 5) is 31.7. The average molecular weight is 440 g/mol. The summed E-state index contributed by atoms with van der Waals surface area (Å²) in [5.41, 5.74) is 1.03. The van der Waals surface area contributed by atoms with Crippen LogP contribution < -0.4 is 4.80 Å². The van der Waals surface area contributed by atoms with Crippen molar-refractivity contribution in [3.8, 4) is 0 Å². The number of carbonyl (C=O) groups is 2. The Bertz CT molecular complexity index is 927. The summed E-state index contributed by atoms with van der Waals surface area (Å²) >= 11 is 8.88. The molecule has 1 aromatic heterocycles. The molecule has 28 heavy (non-hydrogen) atoms. The van der Waals surface area contributed by atoms with E-state index in [4.69, 9.17) is 11.6 Å². The van der Waals surface area contributed by atoms with Crippen LogP contribution in [0, 0.1) is 11.8 Å². The molecule has 152 valence electrons. The summed E-state index contributed by atoms with van der Waals surface area (Å²) in [6, 6.07) is 5.69. The van der Waals surface area contributed by atoms with E-state index in [1.807, 2.05) is 34.6 Å². The summed E-state index contributed by atoms with van der Waals surface area (Å²) < 4.78 is 3.03. The van der Waals surface area contributed by atoms with E-state index in [-0.39, 0.29) is 17.6 Å². The Morgan fingerprint density at radius 2 is 1.96 bits per heavy atom. The van der Waals surface area contributed by atoms with Crippen molar-refractivity contribution in [3.63, 3.8) is 0 Å². The molecule has 0 radical (unpaired) electrons. The van der Waals surface area contributed by atoms with Crippen LogP contribution in [0.1, 0.15) is 27.2 Å². The molecule has 2 atom stereocenters. The third-order valence-corrected chi connectivity index (χ3v) is 7.03. The first-order chi connectivity index (χ1) is 13.4. The molecule has 1 aliphatic rings. The number of fused-ring (bicyclic) bond motifs is 1. The van der Waals surface area contributed by atoms with Crippen molar-refractivity contribution in [1.82, 2.24) is 9.47 Å². The van der Waals surface area contributed by atoms with E-state index in [0.717, 1.165) is 29.9 Å². The zero-order chi connectivity index (χ0) is 20.3. The van der Waals surface area contributed by atoms with Crippen LogP contribution in [0.15, 0.2) is 23.2 Å². The molecule has 0 saturated carbocycles. The van der Waals surface area contributed by atoms with Crippen molar-refractivity contribution >= 4 is 56.7 Å². The van der Waals surface area contributed by atoms with Crippen LogP contribution in [0.5, 0.6) is 0 Å². The van der Waals surface area contributed by atoms with Crippen LogP contribution >= 0.6 is 34.7 Å². The van der Waals surface area contributed by atoms with E-state index in [2.05, 4.69) is 18.8 Å². The van der Waals surface area contributed by atoms with Gasteiger partial charge in [0.1, 0.15) is 0 Å². The van der Waals surface area contributed by atoms with Gasteiger partial charge in [-0.3, -0.25) is 9.59 Å². The quantitative estimate of drug-likeness (QED) is 0.706. The van der Waals surface area contributed by atoms with Gasteiger partial charge in [0, 0.05) is 24.7 Å². The second kappa shape index (κ2) is 9.46. The van der Waals surface area contributed by atoms with Crippen LogP contribution in [0.2, 0.25) is 5.02 Å². The van der Waals surface area contributed by atoms with Gasteiger partial charge in [-0.25, -0.2) is 0 Å². The number of thiazole rings is 1. The molecular weight excluding hydrogens is 414 g/mol. The van der Waals surface area contributed by atoms with Crippen LogP contribution in [0.4, 0.5) is 0 Å². The molecule has 2 amide bonds. The second-order valence-corrected chi connectivity index (χ2v) is 9.92. The molecule has 0 spiro atoms. The van der Waals surface area contributed by atoms with E-state index in [1.165, 1.54) is 29.5 Å². The third-order valence-electron chi connectivity index (χ3n) is 4.85. The minimum Gasteiger partial charge on any atom is -0.341 e. The highest BCUT2D eigenvalue weighted by Crippen LogP contribution is 2.23. The number of aryl methyl sites for hydroxylation is 1. The van der Waals surface area contributed by atoms with Crippen molar-refractivity contribution in [2.75, 3.05) is 24.6 Å². The summed E-state index contributed by atoms with van der Waals surface area (Å²) in [7, 11) is 0. The molecule has 0 aliphatic carbocycles. The molecule has 1 aromatic carbocycles. The number of hydrogen-bond donors (Lipinski definition) is 0. The summed E-state index contributed by atoms with van der Waals surface area (Å²) in [6.45, 7) is 8.77. The van der Waals surface area contributed by atoms with E-state index >= 15 is 0 Å². The van der Waals surface area contributed by atoms with Crippen LogP contribution in [-0.4, -0.2) is 45.9 Å². The van der Waals surface area contributed by atoms with Crippen molar-refractivity contribution in [2.24, 2.45) is 16.8 Å². The molecular formula is C20H26ClN3O2S2. The maximum atomic E-state index is 12.4. The Balaban J connectivity index is 1.61. The van der Waals surface area contributed by atoms with E-state index in [0.29, 0.717) is 27.4 Å². The lowest BCUT2D eigenvalue weighted by Crippen LogP contribution is -2.43. The van der Waals surface area contributed by atoms with Gasteiger partial charge in [-0.2, -0.15) is 4.99 Å². The van der Waals surface area contributed by atoms with Crippen molar-refractivity contribution in [3.05, 3.63) is 28.0 Å². The smallest absolute Gasteiger partial charge is 0.258 e. The highest BCUT2D eigenvalue weighted by molar-refractivity contribution is 8.00. The number of piperidine rings is 1. The standard InChI is InChI=1S/C20H26ClN3O2S2/c1-4-24-16-6-5-15(21)8-17(16)28-20(24)22-18(25)11-27-12-19(26)23-9-13(2)7-14(3)10-23/h5-6,8,13-14H,4,7,9-12H2,1-3H3. The Morgan fingerprint density at radius 1 is 1.25 bits per heavy atom. The Kier molecular flexibility index (Phi) is 7.23. The molecule has 2 aromatic rings.